The van der Waals surface area contributed by atoms with E-state index in [1.807, 2.05) is 37.0 Å². The number of anilines is 1. The Labute approximate surface area is 111 Å². The fraction of sp³-hybridized carbons (Fsp3) is 0.286. The molecular weight excluding hydrogens is 242 g/mol. The molecule has 5 heteroatoms. The van der Waals surface area contributed by atoms with Crippen LogP contribution in [0.1, 0.15) is 35.8 Å². The van der Waals surface area contributed by atoms with E-state index in [2.05, 4.69) is 10.4 Å². The molecule has 0 saturated heterocycles. The number of carboxylic acid groups (broad SMARTS) is 1. The molecule has 0 radical (unpaired) electrons. The van der Waals surface area contributed by atoms with Crippen molar-refractivity contribution in [3.63, 3.8) is 0 Å². The van der Waals surface area contributed by atoms with Gasteiger partial charge in [-0.3, -0.25) is 4.68 Å². The maximum Gasteiger partial charge on any atom is 0.335 e. The molecule has 19 heavy (non-hydrogen) atoms. The lowest BCUT2D eigenvalue weighted by Gasteiger charge is -2.13. The van der Waals surface area contributed by atoms with Gasteiger partial charge in [0.25, 0.3) is 0 Å². The average Bonchev–Trinajstić information content (AvgIpc) is 2.88. The summed E-state index contributed by atoms with van der Waals surface area (Å²) in [4.78, 5) is 10.9. The molecule has 0 spiro atoms. The van der Waals surface area contributed by atoms with Crippen LogP contribution in [0.2, 0.25) is 0 Å². The molecule has 1 atom stereocenters. The van der Waals surface area contributed by atoms with E-state index >= 15 is 0 Å². The largest absolute Gasteiger partial charge is 0.478 e. The summed E-state index contributed by atoms with van der Waals surface area (Å²) >= 11 is 0. The molecule has 1 heterocycles. The number of aromatic carboxylic acids is 1. The summed E-state index contributed by atoms with van der Waals surface area (Å²) in [6.07, 6.45) is 3.81. The molecule has 1 aromatic carbocycles. The van der Waals surface area contributed by atoms with E-state index in [0.29, 0.717) is 0 Å². The van der Waals surface area contributed by atoms with Crippen LogP contribution in [-0.4, -0.2) is 20.9 Å². The van der Waals surface area contributed by atoms with Gasteiger partial charge in [-0.05, 0) is 32.0 Å². The standard InChI is InChI=1S/C14H17N3O2/c1-3-17-9-12(8-15-17)10(2)16-13-6-4-5-11(7-13)14(18)19/h4-10,16H,3H2,1-2H3,(H,18,19). The highest BCUT2D eigenvalue weighted by atomic mass is 16.4. The molecular formula is C14H17N3O2. The van der Waals surface area contributed by atoms with Gasteiger partial charge < -0.3 is 10.4 Å². The van der Waals surface area contributed by atoms with Crippen molar-refractivity contribution in [3.05, 3.63) is 47.8 Å². The van der Waals surface area contributed by atoms with Crippen LogP contribution in [0.4, 0.5) is 5.69 Å². The van der Waals surface area contributed by atoms with E-state index in [1.165, 1.54) is 0 Å². The second-order valence-electron chi connectivity index (χ2n) is 4.38. The van der Waals surface area contributed by atoms with Gasteiger partial charge in [0.2, 0.25) is 0 Å². The van der Waals surface area contributed by atoms with Crippen molar-refractivity contribution < 1.29 is 9.90 Å². The predicted molar refractivity (Wildman–Crippen MR) is 73.3 cm³/mol. The lowest BCUT2D eigenvalue weighted by molar-refractivity contribution is 0.0697. The van der Waals surface area contributed by atoms with Crippen LogP contribution in [0, 0.1) is 0 Å². The minimum absolute atomic E-state index is 0.0735. The summed E-state index contributed by atoms with van der Waals surface area (Å²) in [6, 6.07) is 6.86. The van der Waals surface area contributed by atoms with Crippen molar-refractivity contribution in [2.75, 3.05) is 5.32 Å². The molecule has 2 N–H and O–H groups in total. The number of nitrogens with one attached hydrogen (secondary N) is 1. The molecule has 0 aliphatic carbocycles. The van der Waals surface area contributed by atoms with Crippen molar-refractivity contribution in [3.8, 4) is 0 Å². The molecule has 0 bridgehead atoms. The van der Waals surface area contributed by atoms with E-state index in [0.717, 1.165) is 17.8 Å². The first-order valence-electron chi connectivity index (χ1n) is 6.22. The van der Waals surface area contributed by atoms with Crippen molar-refractivity contribution in [2.45, 2.75) is 26.4 Å². The van der Waals surface area contributed by atoms with Gasteiger partial charge in [0, 0.05) is 24.0 Å². The molecule has 0 amide bonds. The number of carbonyl (C=O) groups is 1. The van der Waals surface area contributed by atoms with Gasteiger partial charge in [-0.1, -0.05) is 6.07 Å². The first-order valence-corrected chi connectivity index (χ1v) is 6.22. The van der Waals surface area contributed by atoms with Gasteiger partial charge >= 0.3 is 5.97 Å². The topological polar surface area (TPSA) is 67.2 Å². The molecule has 5 nitrogen and oxygen atoms in total. The van der Waals surface area contributed by atoms with Gasteiger partial charge in [0.05, 0.1) is 17.8 Å². The third-order valence-corrected chi connectivity index (χ3v) is 2.97. The fourth-order valence-corrected chi connectivity index (χ4v) is 1.85. The Morgan fingerprint density at radius 1 is 1.53 bits per heavy atom. The molecule has 0 saturated carbocycles. The van der Waals surface area contributed by atoms with Crippen LogP contribution in [-0.2, 0) is 6.54 Å². The predicted octanol–water partition coefficient (Wildman–Crippen LogP) is 2.77. The van der Waals surface area contributed by atoms with Gasteiger partial charge in [0.15, 0.2) is 0 Å². The van der Waals surface area contributed by atoms with Crippen LogP contribution >= 0.6 is 0 Å². The third-order valence-electron chi connectivity index (χ3n) is 2.97. The summed E-state index contributed by atoms with van der Waals surface area (Å²) in [5.41, 5.74) is 2.14. The molecule has 1 unspecified atom stereocenters. The molecule has 2 aromatic rings. The summed E-state index contributed by atoms with van der Waals surface area (Å²) in [5.74, 6) is -0.921. The third kappa shape index (κ3) is 3.13. The number of carboxylic acids is 1. The monoisotopic (exact) mass is 259 g/mol. The lowest BCUT2D eigenvalue weighted by Crippen LogP contribution is -2.07. The summed E-state index contributed by atoms with van der Waals surface area (Å²) in [6.45, 7) is 4.89. The van der Waals surface area contributed by atoms with Crippen LogP contribution in [0.5, 0.6) is 0 Å². The van der Waals surface area contributed by atoms with E-state index in [9.17, 15) is 4.79 Å². The second kappa shape index (κ2) is 5.56. The quantitative estimate of drug-likeness (QED) is 0.866. The lowest BCUT2D eigenvalue weighted by atomic mass is 10.1. The first kappa shape index (κ1) is 13.1. The Morgan fingerprint density at radius 2 is 2.32 bits per heavy atom. The van der Waals surface area contributed by atoms with Crippen LogP contribution in [0.25, 0.3) is 0 Å². The smallest absolute Gasteiger partial charge is 0.335 e. The molecule has 0 aliphatic heterocycles. The normalized spacial score (nSPS) is 12.1. The minimum Gasteiger partial charge on any atom is -0.478 e. The van der Waals surface area contributed by atoms with Gasteiger partial charge in [-0.15, -0.1) is 0 Å². The highest BCUT2D eigenvalue weighted by molar-refractivity contribution is 5.88. The maximum absolute atomic E-state index is 10.9. The zero-order valence-corrected chi connectivity index (χ0v) is 11.0. The van der Waals surface area contributed by atoms with Gasteiger partial charge in [-0.2, -0.15) is 5.10 Å². The zero-order chi connectivity index (χ0) is 13.8. The maximum atomic E-state index is 10.9. The second-order valence-corrected chi connectivity index (χ2v) is 4.38. The SMILES string of the molecule is CCn1cc(C(C)Nc2cccc(C(=O)O)c2)cn1. The number of nitrogens with zero attached hydrogens (tertiary/aromatic N) is 2. The van der Waals surface area contributed by atoms with Crippen molar-refractivity contribution in [1.82, 2.24) is 9.78 Å². The number of hydrogen-bond acceptors (Lipinski definition) is 3. The van der Waals surface area contributed by atoms with E-state index in [1.54, 1.807) is 18.2 Å². The number of benzene rings is 1. The highest BCUT2D eigenvalue weighted by Gasteiger charge is 2.09. The Morgan fingerprint density at radius 3 is 2.95 bits per heavy atom. The van der Waals surface area contributed by atoms with Crippen LogP contribution < -0.4 is 5.32 Å². The number of aryl methyl sites for hydroxylation is 1. The first-order chi connectivity index (χ1) is 9.10. The van der Waals surface area contributed by atoms with Gasteiger partial charge in [-0.25, -0.2) is 4.79 Å². The molecule has 0 fully saturated rings. The molecule has 1 aromatic heterocycles. The van der Waals surface area contributed by atoms with E-state index < -0.39 is 5.97 Å². The van der Waals surface area contributed by atoms with Crippen LogP contribution in [0.3, 0.4) is 0 Å². The number of aromatic nitrogens is 2. The van der Waals surface area contributed by atoms with E-state index in [4.69, 9.17) is 5.11 Å². The summed E-state index contributed by atoms with van der Waals surface area (Å²) < 4.78 is 1.86. The Bertz CT molecular complexity index is 578. The van der Waals surface area contributed by atoms with Crippen LogP contribution in [0.15, 0.2) is 36.7 Å². The molecule has 0 aliphatic rings. The average molecular weight is 259 g/mol. The van der Waals surface area contributed by atoms with Gasteiger partial charge in [0.1, 0.15) is 0 Å². The van der Waals surface area contributed by atoms with E-state index in [-0.39, 0.29) is 11.6 Å². The number of hydrogen-bond donors (Lipinski definition) is 2. The Kier molecular flexibility index (Phi) is 3.85. The Hall–Kier alpha value is -2.30. The molecule has 2 rings (SSSR count). The van der Waals surface area contributed by atoms with Crippen molar-refractivity contribution >= 4 is 11.7 Å². The molecule has 100 valence electrons. The van der Waals surface area contributed by atoms with Crippen molar-refractivity contribution in [2.24, 2.45) is 0 Å². The highest BCUT2D eigenvalue weighted by Crippen LogP contribution is 2.19. The summed E-state index contributed by atoms with van der Waals surface area (Å²) in [5, 5.41) is 16.5. The zero-order valence-electron chi connectivity index (χ0n) is 11.0. The Balaban J connectivity index is 2.12. The number of rotatable bonds is 5. The fourth-order valence-electron chi connectivity index (χ4n) is 1.85. The summed E-state index contributed by atoms with van der Waals surface area (Å²) in [7, 11) is 0. The van der Waals surface area contributed by atoms with Crippen molar-refractivity contribution in [1.29, 1.82) is 0 Å². The minimum atomic E-state index is -0.921.